The van der Waals surface area contributed by atoms with Crippen LogP contribution in [-0.4, -0.2) is 0 Å². The van der Waals surface area contributed by atoms with Crippen molar-refractivity contribution in [1.82, 2.24) is 0 Å². The third-order valence-corrected chi connectivity index (χ3v) is 5.17. The number of ether oxygens (including phenoxy) is 1. The fourth-order valence-electron chi connectivity index (χ4n) is 3.29. The van der Waals surface area contributed by atoms with Gasteiger partial charge in [-0.2, -0.15) is 18.4 Å². The molecule has 2 nitrogen and oxygen atoms in total. The third kappa shape index (κ3) is 5.35. The van der Waals surface area contributed by atoms with Gasteiger partial charge >= 0.3 is 6.18 Å². The molecule has 3 aromatic carbocycles. The molecule has 0 aliphatic carbocycles. The maximum absolute atomic E-state index is 12.8. The minimum atomic E-state index is -4.35. The summed E-state index contributed by atoms with van der Waals surface area (Å²) >= 11 is 0. The molecule has 31 heavy (non-hydrogen) atoms. The van der Waals surface area contributed by atoms with Crippen LogP contribution in [-0.2, 0) is 18.2 Å². The molecular weight excluding hydrogens is 399 g/mol. The molecule has 0 aliphatic rings. The Kier molecular flexibility index (Phi) is 6.50. The van der Waals surface area contributed by atoms with E-state index in [1.807, 2.05) is 55.5 Å². The Morgan fingerprint density at radius 1 is 0.935 bits per heavy atom. The fourth-order valence-corrected chi connectivity index (χ4v) is 3.29. The van der Waals surface area contributed by atoms with Gasteiger partial charge in [0.1, 0.15) is 12.4 Å². The van der Waals surface area contributed by atoms with E-state index < -0.39 is 17.2 Å². The summed E-state index contributed by atoms with van der Waals surface area (Å²) in [6.45, 7) is 5.91. The molecule has 0 heterocycles. The molecular formula is C26H22F3NO. The van der Waals surface area contributed by atoms with Crippen LogP contribution < -0.4 is 4.74 Å². The van der Waals surface area contributed by atoms with Crippen LogP contribution in [0, 0.1) is 11.3 Å². The summed E-state index contributed by atoms with van der Waals surface area (Å²) in [5.74, 6) is 0.669. The average molecular weight is 421 g/mol. The second-order valence-electron chi connectivity index (χ2n) is 7.53. The number of nitriles is 1. The van der Waals surface area contributed by atoms with E-state index in [2.05, 4.69) is 12.6 Å². The van der Waals surface area contributed by atoms with Gasteiger partial charge < -0.3 is 4.74 Å². The monoisotopic (exact) mass is 421 g/mol. The minimum Gasteiger partial charge on any atom is -0.489 e. The SMILES string of the molecule is C=CCC(C)(C#N)c1ccc(OCc2cccc(-c3ccc(C(F)(F)F)cc3)c2)cc1. The highest BCUT2D eigenvalue weighted by molar-refractivity contribution is 5.64. The molecule has 0 aliphatic heterocycles. The summed E-state index contributed by atoms with van der Waals surface area (Å²) in [6, 6.07) is 22.3. The molecule has 5 heteroatoms. The molecule has 3 rings (SSSR count). The van der Waals surface area contributed by atoms with E-state index in [0.29, 0.717) is 24.3 Å². The summed E-state index contributed by atoms with van der Waals surface area (Å²) in [5, 5.41) is 9.48. The Balaban J connectivity index is 1.69. The number of nitrogens with zero attached hydrogens (tertiary/aromatic N) is 1. The van der Waals surface area contributed by atoms with Crippen molar-refractivity contribution < 1.29 is 17.9 Å². The van der Waals surface area contributed by atoms with Crippen molar-refractivity contribution in [2.75, 3.05) is 0 Å². The highest BCUT2D eigenvalue weighted by atomic mass is 19.4. The van der Waals surface area contributed by atoms with Crippen molar-refractivity contribution in [3.8, 4) is 22.9 Å². The molecule has 0 radical (unpaired) electrons. The Bertz CT molecular complexity index is 1080. The first-order valence-electron chi connectivity index (χ1n) is 9.77. The van der Waals surface area contributed by atoms with E-state index in [4.69, 9.17) is 4.74 Å². The Labute approximate surface area is 180 Å². The van der Waals surface area contributed by atoms with Gasteiger partial charge in [0.2, 0.25) is 0 Å². The standard InChI is InChI=1S/C26H22F3NO/c1-3-15-25(2,18-30)22-11-13-24(14-12-22)31-17-19-5-4-6-21(16-19)20-7-9-23(10-8-20)26(27,28)29/h3-14,16H,1,15,17H2,2H3. The van der Waals surface area contributed by atoms with Crippen LogP contribution in [0.5, 0.6) is 5.75 Å². The summed E-state index contributed by atoms with van der Waals surface area (Å²) in [7, 11) is 0. The molecule has 0 spiro atoms. The van der Waals surface area contributed by atoms with Gasteiger partial charge in [0.25, 0.3) is 0 Å². The summed E-state index contributed by atoms with van der Waals surface area (Å²) < 4.78 is 44.1. The Hall–Kier alpha value is -3.52. The second kappa shape index (κ2) is 9.09. The molecule has 0 fully saturated rings. The molecule has 1 atom stereocenters. The topological polar surface area (TPSA) is 33.0 Å². The smallest absolute Gasteiger partial charge is 0.416 e. The van der Waals surface area contributed by atoms with Crippen molar-refractivity contribution >= 4 is 0 Å². The Morgan fingerprint density at radius 3 is 2.16 bits per heavy atom. The largest absolute Gasteiger partial charge is 0.489 e. The van der Waals surface area contributed by atoms with Crippen LogP contribution in [0.3, 0.4) is 0 Å². The van der Waals surface area contributed by atoms with Crippen LogP contribution in [0.1, 0.15) is 30.0 Å². The normalized spacial score (nSPS) is 13.1. The van der Waals surface area contributed by atoms with Crippen molar-refractivity contribution in [1.29, 1.82) is 5.26 Å². The fraction of sp³-hybridized carbons (Fsp3) is 0.192. The van der Waals surface area contributed by atoms with E-state index in [-0.39, 0.29) is 0 Å². The molecule has 0 saturated carbocycles. The number of halogens is 3. The number of hydrogen-bond acceptors (Lipinski definition) is 2. The quantitative estimate of drug-likeness (QED) is 0.375. The predicted octanol–water partition coefficient (Wildman–Crippen LogP) is 7.31. The van der Waals surface area contributed by atoms with Gasteiger partial charge in [0, 0.05) is 0 Å². The highest BCUT2D eigenvalue weighted by Gasteiger charge is 2.30. The van der Waals surface area contributed by atoms with Crippen LogP contribution >= 0.6 is 0 Å². The van der Waals surface area contributed by atoms with Crippen molar-refractivity contribution in [2.45, 2.75) is 31.5 Å². The molecule has 3 aromatic rings. The second-order valence-corrected chi connectivity index (χ2v) is 7.53. The highest BCUT2D eigenvalue weighted by Crippen LogP contribution is 2.32. The summed E-state index contributed by atoms with van der Waals surface area (Å²) in [4.78, 5) is 0. The third-order valence-electron chi connectivity index (χ3n) is 5.17. The van der Waals surface area contributed by atoms with Gasteiger partial charge in [0.05, 0.1) is 17.0 Å². The van der Waals surface area contributed by atoms with E-state index >= 15 is 0 Å². The lowest BCUT2D eigenvalue weighted by molar-refractivity contribution is -0.137. The van der Waals surface area contributed by atoms with E-state index in [1.54, 1.807) is 6.08 Å². The number of allylic oxidation sites excluding steroid dienone is 1. The van der Waals surface area contributed by atoms with Crippen molar-refractivity contribution in [3.63, 3.8) is 0 Å². The zero-order valence-electron chi connectivity index (χ0n) is 17.1. The van der Waals surface area contributed by atoms with Gasteiger partial charge in [-0.05, 0) is 65.9 Å². The lowest BCUT2D eigenvalue weighted by Gasteiger charge is -2.20. The van der Waals surface area contributed by atoms with E-state index in [0.717, 1.165) is 28.8 Å². The van der Waals surface area contributed by atoms with Gasteiger partial charge in [-0.25, -0.2) is 0 Å². The zero-order chi connectivity index (χ0) is 22.5. The molecule has 0 amide bonds. The zero-order valence-corrected chi connectivity index (χ0v) is 17.1. The first-order valence-corrected chi connectivity index (χ1v) is 9.77. The van der Waals surface area contributed by atoms with E-state index in [9.17, 15) is 18.4 Å². The minimum absolute atomic E-state index is 0.315. The average Bonchev–Trinajstić information content (AvgIpc) is 2.78. The molecule has 0 aromatic heterocycles. The predicted molar refractivity (Wildman–Crippen MR) is 115 cm³/mol. The summed E-state index contributed by atoms with van der Waals surface area (Å²) in [5.41, 5.74) is 2.02. The van der Waals surface area contributed by atoms with Gasteiger partial charge in [0.15, 0.2) is 0 Å². The maximum Gasteiger partial charge on any atom is 0.416 e. The first kappa shape index (κ1) is 22.2. The van der Waals surface area contributed by atoms with Crippen molar-refractivity contribution in [3.05, 3.63) is 102 Å². The number of hydrogen-bond donors (Lipinski definition) is 0. The van der Waals surface area contributed by atoms with Crippen LogP contribution in [0.25, 0.3) is 11.1 Å². The first-order chi connectivity index (χ1) is 14.7. The van der Waals surface area contributed by atoms with Gasteiger partial charge in [-0.3, -0.25) is 0 Å². The number of alkyl halides is 3. The lowest BCUT2D eigenvalue weighted by atomic mass is 9.81. The molecule has 0 bridgehead atoms. The molecule has 158 valence electrons. The molecule has 0 saturated heterocycles. The van der Waals surface area contributed by atoms with Gasteiger partial charge in [-0.1, -0.05) is 48.5 Å². The van der Waals surface area contributed by atoms with Crippen LogP contribution in [0.2, 0.25) is 0 Å². The van der Waals surface area contributed by atoms with Crippen LogP contribution in [0.15, 0.2) is 85.5 Å². The number of rotatable bonds is 7. The van der Waals surface area contributed by atoms with E-state index in [1.165, 1.54) is 12.1 Å². The Morgan fingerprint density at radius 2 is 1.58 bits per heavy atom. The van der Waals surface area contributed by atoms with Crippen LogP contribution in [0.4, 0.5) is 13.2 Å². The van der Waals surface area contributed by atoms with Crippen molar-refractivity contribution in [2.24, 2.45) is 0 Å². The number of benzene rings is 3. The lowest BCUT2D eigenvalue weighted by Crippen LogP contribution is -2.18. The van der Waals surface area contributed by atoms with Gasteiger partial charge in [-0.15, -0.1) is 6.58 Å². The summed E-state index contributed by atoms with van der Waals surface area (Å²) in [6.07, 6.45) is -2.06. The maximum atomic E-state index is 12.8. The molecule has 0 N–H and O–H groups in total. The molecule has 1 unspecified atom stereocenters.